The molecule has 2 amide bonds. The van der Waals surface area contributed by atoms with Crippen LogP contribution in [0.2, 0.25) is 0 Å². The highest BCUT2D eigenvalue weighted by molar-refractivity contribution is 5.85. The van der Waals surface area contributed by atoms with Crippen molar-refractivity contribution in [2.24, 2.45) is 0 Å². The molecule has 0 aromatic carbocycles. The number of hydrogen-bond donors (Lipinski definition) is 0. The number of carbonyl (C=O) groups excluding carboxylic acids is 3. The van der Waals surface area contributed by atoms with E-state index in [1.165, 1.54) is 58.0 Å². The Morgan fingerprint density at radius 2 is 1.24 bits per heavy atom. The molecular formula is C29H53N5O3. The monoisotopic (exact) mass is 519 g/mol. The Morgan fingerprint density at radius 3 is 1.81 bits per heavy atom. The molecule has 5 aliphatic heterocycles. The third kappa shape index (κ3) is 7.99. The molecule has 3 atom stereocenters. The molecule has 8 heteroatoms. The lowest BCUT2D eigenvalue weighted by molar-refractivity contribution is -0.134. The maximum atomic E-state index is 11.3. The van der Waals surface area contributed by atoms with Gasteiger partial charge in [0.25, 0.3) is 0 Å². The second-order valence-electron chi connectivity index (χ2n) is 12.3. The fourth-order valence-electron chi connectivity index (χ4n) is 6.58. The summed E-state index contributed by atoms with van der Waals surface area (Å²) >= 11 is 0. The van der Waals surface area contributed by atoms with Crippen molar-refractivity contribution in [2.75, 3.05) is 58.9 Å². The van der Waals surface area contributed by atoms with Gasteiger partial charge in [-0.05, 0) is 92.4 Å². The quantitative estimate of drug-likeness (QED) is 0.559. The molecule has 3 unspecified atom stereocenters. The molecule has 5 saturated heterocycles. The van der Waals surface area contributed by atoms with E-state index in [0.717, 1.165) is 45.8 Å². The maximum absolute atomic E-state index is 11.3. The Bertz CT molecular complexity index is 782. The first-order valence-electron chi connectivity index (χ1n) is 14.8. The molecule has 37 heavy (non-hydrogen) atoms. The van der Waals surface area contributed by atoms with E-state index in [-0.39, 0.29) is 23.1 Å². The second-order valence-corrected chi connectivity index (χ2v) is 12.3. The average molecular weight is 520 g/mol. The van der Waals surface area contributed by atoms with Crippen molar-refractivity contribution >= 4 is 17.6 Å². The van der Waals surface area contributed by atoms with E-state index in [9.17, 15) is 14.4 Å². The van der Waals surface area contributed by atoms with Crippen LogP contribution in [0.25, 0.3) is 0 Å². The summed E-state index contributed by atoms with van der Waals surface area (Å²) in [6.07, 6.45) is 9.00. The molecular weight excluding hydrogens is 466 g/mol. The van der Waals surface area contributed by atoms with Gasteiger partial charge in [-0.15, -0.1) is 0 Å². The largest absolute Gasteiger partial charge is 0.340 e. The van der Waals surface area contributed by atoms with Gasteiger partial charge in [-0.25, -0.2) is 0 Å². The fraction of sp³-hybridized carbons (Fsp3) is 0.897. The van der Waals surface area contributed by atoms with E-state index in [4.69, 9.17) is 0 Å². The molecule has 5 rings (SSSR count). The number of piperazine rings is 2. The van der Waals surface area contributed by atoms with Crippen LogP contribution >= 0.6 is 0 Å². The summed E-state index contributed by atoms with van der Waals surface area (Å²) < 4.78 is 0. The summed E-state index contributed by atoms with van der Waals surface area (Å²) in [5.41, 5.74) is -0.236. The minimum Gasteiger partial charge on any atom is -0.340 e. The summed E-state index contributed by atoms with van der Waals surface area (Å²) in [5, 5.41) is 0. The SMILES string of the molecule is CC(=O)C(C)(C)N1CCCCC1.CC(=O)N1CC2CCCN2CC1C.CC(=O)N1CCN2CCCC2C1. The highest BCUT2D eigenvalue weighted by atomic mass is 16.2. The number of piperidine rings is 1. The van der Waals surface area contributed by atoms with Crippen molar-refractivity contribution < 1.29 is 14.4 Å². The van der Waals surface area contributed by atoms with Gasteiger partial charge in [0, 0.05) is 64.7 Å². The lowest BCUT2D eigenvalue weighted by Gasteiger charge is -2.41. The van der Waals surface area contributed by atoms with Gasteiger partial charge in [0.2, 0.25) is 11.8 Å². The van der Waals surface area contributed by atoms with E-state index in [2.05, 4.69) is 21.6 Å². The van der Waals surface area contributed by atoms with E-state index in [0.29, 0.717) is 18.1 Å². The molecule has 0 aliphatic carbocycles. The molecule has 0 aromatic rings. The van der Waals surface area contributed by atoms with Crippen LogP contribution in [0.15, 0.2) is 0 Å². The van der Waals surface area contributed by atoms with Crippen LogP contribution in [-0.2, 0) is 14.4 Å². The smallest absolute Gasteiger partial charge is 0.219 e. The molecule has 0 bridgehead atoms. The molecule has 8 nitrogen and oxygen atoms in total. The van der Waals surface area contributed by atoms with Crippen molar-refractivity contribution in [1.82, 2.24) is 24.5 Å². The van der Waals surface area contributed by atoms with Crippen molar-refractivity contribution in [3.05, 3.63) is 0 Å². The van der Waals surface area contributed by atoms with Crippen LogP contribution in [0.4, 0.5) is 0 Å². The third-order valence-corrected chi connectivity index (χ3v) is 9.38. The van der Waals surface area contributed by atoms with Crippen LogP contribution in [0.5, 0.6) is 0 Å². The van der Waals surface area contributed by atoms with Crippen LogP contribution in [0.3, 0.4) is 0 Å². The standard InChI is InChI=1S/C10H18N2O.C10H19NO.C9H16N2O/c1-8-6-11-5-3-4-10(11)7-12(8)9(2)13;1-9(12)10(2,3)11-7-5-4-6-8-11;1-8(12)11-6-5-10-4-2-3-9(10)7-11/h8,10H,3-7H2,1-2H3;4-8H2,1-3H3;9H,2-7H2,1H3. The first kappa shape index (κ1) is 30.0. The number of Topliss-reactive ketones (excluding diaryl/α,β-unsaturated/α-hetero) is 1. The lowest BCUT2D eigenvalue weighted by atomic mass is 9.95. The first-order chi connectivity index (χ1) is 17.5. The number of nitrogens with zero attached hydrogens (tertiary/aromatic N) is 5. The van der Waals surface area contributed by atoms with E-state index >= 15 is 0 Å². The molecule has 212 valence electrons. The zero-order chi connectivity index (χ0) is 27.2. The van der Waals surface area contributed by atoms with Gasteiger partial charge in [-0.3, -0.25) is 29.1 Å². The number of hydrogen-bond acceptors (Lipinski definition) is 6. The average Bonchev–Trinajstić information content (AvgIpc) is 3.53. The van der Waals surface area contributed by atoms with E-state index < -0.39 is 0 Å². The van der Waals surface area contributed by atoms with Gasteiger partial charge < -0.3 is 9.80 Å². The predicted molar refractivity (Wildman–Crippen MR) is 148 cm³/mol. The zero-order valence-corrected chi connectivity index (χ0v) is 24.5. The Labute approximate surface area is 225 Å². The molecule has 0 aromatic heterocycles. The number of ketones is 1. The number of rotatable bonds is 2. The van der Waals surface area contributed by atoms with E-state index in [1.54, 1.807) is 20.8 Å². The Morgan fingerprint density at radius 1 is 0.649 bits per heavy atom. The Kier molecular flexibility index (Phi) is 11.0. The molecule has 0 spiro atoms. The first-order valence-corrected chi connectivity index (χ1v) is 14.8. The van der Waals surface area contributed by atoms with Crippen LogP contribution in [0.1, 0.15) is 86.5 Å². The van der Waals surface area contributed by atoms with Gasteiger partial charge in [-0.2, -0.15) is 0 Å². The van der Waals surface area contributed by atoms with Crippen molar-refractivity contribution in [2.45, 2.75) is 110 Å². The minimum atomic E-state index is -0.236. The van der Waals surface area contributed by atoms with Crippen molar-refractivity contribution in [1.29, 1.82) is 0 Å². The number of likely N-dealkylation sites (tertiary alicyclic amines) is 1. The van der Waals surface area contributed by atoms with E-state index in [1.807, 2.05) is 23.6 Å². The van der Waals surface area contributed by atoms with Crippen LogP contribution < -0.4 is 0 Å². The molecule has 5 heterocycles. The summed E-state index contributed by atoms with van der Waals surface area (Å²) in [7, 11) is 0. The summed E-state index contributed by atoms with van der Waals surface area (Å²) in [4.78, 5) is 45.1. The topological polar surface area (TPSA) is 67.4 Å². The number of carbonyl (C=O) groups is 3. The maximum Gasteiger partial charge on any atom is 0.219 e. The van der Waals surface area contributed by atoms with Gasteiger partial charge in [0.15, 0.2) is 0 Å². The van der Waals surface area contributed by atoms with Crippen molar-refractivity contribution in [3.8, 4) is 0 Å². The summed E-state index contributed by atoms with van der Waals surface area (Å²) in [6, 6.07) is 1.73. The number of amides is 2. The van der Waals surface area contributed by atoms with Crippen LogP contribution in [-0.4, -0.2) is 125 Å². The zero-order valence-electron chi connectivity index (χ0n) is 24.5. The molecule has 0 N–H and O–H groups in total. The summed E-state index contributed by atoms with van der Waals surface area (Å²) in [5.74, 6) is 0.755. The van der Waals surface area contributed by atoms with Gasteiger partial charge in [0.1, 0.15) is 5.78 Å². The summed E-state index contributed by atoms with van der Waals surface area (Å²) in [6.45, 7) is 20.9. The highest BCUT2D eigenvalue weighted by Gasteiger charge is 2.35. The molecule has 5 fully saturated rings. The molecule has 0 radical (unpaired) electrons. The van der Waals surface area contributed by atoms with Gasteiger partial charge in [-0.1, -0.05) is 6.42 Å². The predicted octanol–water partition coefficient (Wildman–Crippen LogP) is 2.85. The normalized spacial score (nSPS) is 28.9. The lowest BCUT2D eigenvalue weighted by Crippen LogP contribution is -2.56. The number of fused-ring (bicyclic) bond motifs is 2. The van der Waals surface area contributed by atoms with Crippen LogP contribution in [0, 0.1) is 0 Å². The Hall–Kier alpha value is -1.51. The fourth-order valence-corrected chi connectivity index (χ4v) is 6.58. The van der Waals surface area contributed by atoms with Gasteiger partial charge in [0.05, 0.1) is 5.54 Å². The highest BCUT2D eigenvalue weighted by Crippen LogP contribution is 2.24. The molecule has 5 aliphatic rings. The second kappa shape index (κ2) is 13.5. The van der Waals surface area contributed by atoms with Gasteiger partial charge >= 0.3 is 0 Å². The minimum absolute atomic E-state index is 0.235. The third-order valence-electron chi connectivity index (χ3n) is 9.38. The molecule has 0 saturated carbocycles. The Balaban J connectivity index is 0.000000154. The van der Waals surface area contributed by atoms with Crippen molar-refractivity contribution in [3.63, 3.8) is 0 Å².